The number of carboxylic acids is 1. The standard InChI is InChI=1S/C30H29N3O7/c34-26(12-11-25(30(38)39)33-28(36)23-7-3-4-8-24(23)29(33)37)31-14-16-32(17-15-31)27(35)13-18-40-22-10-9-20-5-1-2-6-21(20)19-22/h1-10,19,25H,11-18H2,(H,38,39)/t25-/m0/s1. The second kappa shape index (κ2) is 11.6. The van der Waals surface area contributed by atoms with Gasteiger partial charge in [0.2, 0.25) is 11.8 Å². The smallest absolute Gasteiger partial charge is 0.326 e. The van der Waals surface area contributed by atoms with Crippen molar-refractivity contribution in [2.24, 2.45) is 0 Å². The maximum absolute atomic E-state index is 12.8. The third kappa shape index (κ3) is 5.51. The van der Waals surface area contributed by atoms with Gasteiger partial charge in [0.25, 0.3) is 11.8 Å². The third-order valence-corrected chi connectivity index (χ3v) is 7.34. The monoisotopic (exact) mass is 543 g/mol. The third-order valence-electron chi connectivity index (χ3n) is 7.34. The van der Waals surface area contributed by atoms with Gasteiger partial charge in [-0.2, -0.15) is 0 Å². The van der Waals surface area contributed by atoms with Crippen LogP contribution in [0.25, 0.3) is 10.8 Å². The summed E-state index contributed by atoms with van der Waals surface area (Å²) in [5.74, 6) is -2.33. The average Bonchev–Trinajstić information content (AvgIpc) is 3.22. The fourth-order valence-electron chi connectivity index (χ4n) is 5.15. The van der Waals surface area contributed by atoms with Crippen LogP contribution in [0.2, 0.25) is 0 Å². The Morgan fingerprint density at radius 1 is 0.750 bits per heavy atom. The number of carbonyl (C=O) groups excluding carboxylic acids is 4. The van der Waals surface area contributed by atoms with Gasteiger partial charge in [0.15, 0.2) is 0 Å². The van der Waals surface area contributed by atoms with Crippen LogP contribution >= 0.6 is 0 Å². The van der Waals surface area contributed by atoms with E-state index in [1.54, 1.807) is 21.9 Å². The molecule has 1 saturated heterocycles. The zero-order valence-electron chi connectivity index (χ0n) is 21.8. The van der Waals surface area contributed by atoms with Crippen molar-refractivity contribution >= 4 is 40.4 Å². The molecule has 10 nitrogen and oxygen atoms in total. The summed E-state index contributed by atoms with van der Waals surface area (Å²) in [7, 11) is 0. The fraction of sp³-hybridized carbons (Fsp3) is 0.300. The molecular formula is C30H29N3O7. The van der Waals surface area contributed by atoms with Crippen LogP contribution in [0.3, 0.4) is 0 Å². The highest BCUT2D eigenvalue weighted by Gasteiger charge is 2.43. The van der Waals surface area contributed by atoms with Gasteiger partial charge >= 0.3 is 5.97 Å². The molecule has 1 N–H and O–H groups in total. The predicted octanol–water partition coefficient (Wildman–Crippen LogP) is 2.81. The number of imide groups is 1. The van der Waals surface area contributed by atoms with Crippen molar-refractivity contribution in [2.75, 3.05) is 32.8 Å². The number of hydrogen-bond acceptors (Lipinski definition) is 6. The maximum atomic E-state index is 12.8. The normalized spacial score (nSPS) is 15.8. The first kappa shape index (κ1) is 26.9. The summed E-state index contributed by atoms with van der Waals surface area (Å²) in [5.41, 5.74) is 0.321. The van der Waals surface area contributed by atoms with Crippen molar-refractivity contribution in [1.29, 1.82) is 0 Å². The van der Waals surface area contributed by atoms with Crippen LogP contribution in [-0.2, 0) is 14.4 Å². The number of carboxylic acid groups (broad SMARTS) is 1. The summed E-state index contributed by atoms with van der Waals surface area (Å²) in [6.07, 6.45) is -0.121. The van der Waals surface area contributed by atoms with Gasteiger partial charge in [-0.1, -0.05) is 42.5 Å². The highest BCUT2D eigenvalue weighted by atomic mass is 16.5. The van der Waals surface area contributed by atoms with E-state index in [4.69, 9.17) is 4.74 Å². The van der Waals surface area contributed by atoms with Crippen molar-refractivity contribution < 1.29 is 33.8 Å². The van der Waals surface area contributed by atoms with Crippen LogP contribution in [0.5, 0.6) is 5.75 Å². The lowest BCUT2D eigenvalue weighted by atomic mass is 10.1. The van der Waals surface area contributed by atoms with Gasteiger partial charge in [-0.25, -0.2) is 4.79 Å². The molecule has 0 saturated carbocycles. The number of piperazine rings is 1. The molecule has 3 aromatic rings. The number of aliphatic carboxylic acids is 1. The Bertz CT molecular complexity index is 1440. The van der Waals surface area contributed by atoms with Crippen molar-refractivity contribution in [3.8, 4) is 5.75 Å². The van der Waals surface area contributed by atoms with E-state index in [1.165, 1.54) is 12.1 Å². The van der Waals surface area contributed by atoms with E-state index in [2.05, 4.69) is 0 Å². The summed E-state index contributed by atoms with van der Waals surface area (Å²) >= 11 is 0. The molecule has 2 heterocycles. The second-order valence-corrected chi connectivity index (χ2v) is 9.79. The van der Waals surface area contributed by atoms with E-state index in [-0.39, 0.29) is 48.8 Å². The van der Waals surface area contributed by atoms with Crippen molar-refractivity contribution in [1.82, 2.24) is 14.7 Å². The molecular weight excluding hydrogens is 514 g/mol. The fourth-order valence-corrected chi connectivity index (χ4v) is 5.15. The molecule has 0 spiro atoms. The number of nitrogens with zero attached hydrogens (tertiary/aromatic N) is 3. The molecule has 0 bridgehead atoms. The highest BCUT2D eigenvalue weighted by molar-refractivity contribution is 6.22. The first-order valence-electron chi connectivity index (χ1n) is 13.2. The van der Waals surface area contributed by atoms with E-state index in [1.807, 2.05) is 42.5 Å². The zero-order chi connectivity index (χ0) is 28.2. The Morgan fingerprint density at radius 2 is 1.30 bits per heavy atom. The minimum atomic E-state index is -1.44. The first-order valence-corrected chi connectivity index (χ1v) is 13.2. The Labute approximate surface area is 230 Å². The van der Waals surface area contributed by atoms with Crippen molar-refractivity contribution in [3.05, 3.63) is 77.9 Å². The van der Waals surface area contributed by atoms with E-state index in [9.17, 15) is 29.1 Å². The first-order chi connectivity index (χ1) is 19.3. The quantitative estimate of drug-likeness (QED) is 0.412. The summed E-state index contributed by atoms with van der Waals surface area (Å²) in [6, 6.07) is 18.5. The van der Waals surface area contributed by atoms with Crippen LogP contribution in [0.1, 0.15) is 40.0 Å². The minimum absolute atomic E-state index is 0.0653. The van der Waals surface area contributed by atoms with Gasteiger partial charge in [-0.05, 0) is 41.5 Å². The molecule has 40 heavy (non-hydrogen) atoms. The number of hydrogen-bond donors (Lipinski definition) is 1. The lowest BCUT2D eigenvalue weighted by molar-refractivity contribution is -0.143. The Hall–Kier alpha value is -4.73. The van der Waals surface area contributed by atoms with Gasteiger partial charge in [0.1, 0.15) is 11.8 Å². The largest absolute Gasteiger partial charge is 0.493 e. The topological polar surface area (TPSA) is 125 Å². The Balaban J connectivity index is 1.07. The molecule has 0 aromatic heterocycles. The lowest BCUT2D eigenvalue weighted by Crippen LogP contribution is -2.51. The summed E-state index contributed by atoms with van der Waals surface area (Å²) in [5, 5.41) is 11.9. The van der Waals surface area contributed by atoms with Crippen LogP contribution in [-0.4, -0.2) is 88.2 Å². The van der Waals surface area contributed by atoms with E-state index in [0.29, 0.717) is 31.9 Å². The number of fused-ring (bicyclic) bond motifs is 2. The average molecular weight is 544 g/mol. The molecule has 1 atom stereocenters. The summed E-state index contributed by atoms with van der Waals surface area (Å²) < 4.78 is 5.77. The number of carbonyl (C=O) groups is 5. The SMILES string of the molecule is O=C(O)[C@H](CCC(=O)N1CCN(C(=O)CCOc2ccc3ccccc3c2)CC1)N1C(=O)c2ccccc2C1=O. The van der Waals surface area contributed by atoms with Crippen molar-refractivity contribution in [3.63, 3.8) is 0 Å². The molecule has 3 aromatic carbocycles. The molecule has 0 radical (unpaired) electrons. The molecule has 2 aliphatic rings. The van der Waals surface area contributed by atoms with Crippen LogP contribution in [0.4, 0.5) is 0 Å². The predicted molar refractivity (Wildman–Crippen MR) is 145 cm³/mol. The molecule has 0 unspecified atom stereocenters. The minimum Gasteiger partial charge on any atom is -0.493 e. The number of amides is 4. The zero-order valence-corrected chi connectivity index (χ0v) is 21.8. The molecule has 1 fully saturated rings. The Kier molecular flexibility index (Phi) is 7.77. The van der Waals surface area contributed by atoms with E-state index < -0.39 is 23.8 Å². The number of rotatable bonds is 9. The molecule has 5 rings (SSSR count). The van der Waals surface area contributed by atoms with Gasteiger partial charge in [0.05, 0.1) is 24.2 Å². The van der Waals surface area contributed by atoms with E-state index in [0.717, 1.165) is 15.7 Å². The lowest BCUT2D eigenvalue weighted by Gasteiger charge is -2.35. The summed E-state index contributed by atoms with van der Waals surface area (Å²) in [6.45, 7) is 1.61. The molecule has 2 aliphatic heterocycles. The van der Waals surface area contributed by atoms with Gasteiger partial charge in [-0.15, -0.1) is 0 Å². The maximum Gasteiger partial charge on any atom is 0.326 e. The van der Waals surface area contributed by atoms with Crippen LogP contribution in [0.15, 0.2) is 66.7 Å². The van der Waals surface area contributed by atoms with Gasteiger partial charge in [0, 0.05) is 32.6 Å². The van der Waals surface area contributed by atoms with Crippen molar-refractivity contribution in [2.45, 2.75) is 25.3 Å². The molecule has 4 amide bonds. The van der Waals surface area contributed by atoms with E-state index >= 15 is 0 Å². The van der Waals surface area contributed by atoms with Crippen LogP contribution in [0, 0.1) is 0 Å². The Morgan fingerprint density at radius 3 is 1.90 bits per heavy atom. The van der Waals surface area contributed by atoms with Gasteiger partial charge < -0.3 is 19.6 Å². The number of ether oxygens (including phenoxy) is 1. The van der Waals surface area contributed by atoms with Crippen LogP contribution < -0.4 is 4.74 Å². The molecule has 206 valence electrons. The van der Waals surface area contributed by atoms with Gasteiger partial charge in [-0.3, -0.25) is 24.1 Å². The molecule has 0 aliphatic carbocycles. The second-order valence-electron chi connectivity index (χ2n) is 9.79. The number of benzene rings is 3. The summed E-state index contributed by atoms with van der Waals surface area (Å²) in [4.78, 5) is 66.9. The molecule has 10 heteroatoms. The highest BCUT2D eigenvalue weighted by Crippen LogP contribution is 2.26.